The Hall–Kier alpha value is -0.0400. The Labute approximate surface area is 51.3 Å². The molecule has 0 aromatic rings. The number of rotatable bonds is 1. The van der Waals surface area contributed by atoms with Gasteiger partial charge in [-0.15, -0.1) is 0 Å². The van der Waals surface area contributed by atoms with E-state index >= 15 is 0 Å². The Kier molecular flexibility index (Phi) is 1.90. The lowest BCUT2D eigenvalue weighted by atomic mass is 9.99. The van der Waals surface area contributed by atoms with Crippen LogP contribution < -0.4 is 5.73 Å². The molecule has 0 aromatic heterocycles. The van der Waals surface area contributed by atoms with Crippen LogP contribution in [0.3, 0.4) is 0 Å². The van der Waals surface area contributed by atoms with Gasteiger partial charge < -0.3 is 5.73 Å². The second-order valence-electron chi connectivity index (χ2n) is 2.90. The molecule has 1 aliphatic rings. The minimum absolute atomic E-state index is 0.843. The standard InChI is InChI=1S/C7H15N/c1-6-3-2-4-7(6)5-8/h6-7H,2-5,8H2,1H3/t6-,7-/m0/s1. The number of hydrogen-bond acceptors (Lipinski definition) is 1. The van der Waals surface area contributed by atoms with Crippen molar-refractivity contribution in [2.75, 3.05) is 6.54 Å². The first-order chi connectivity index (χ1) is 3.84. The van der Waals surface area contributed by atoms with E-state index in [1.54, 1.807) is 0 Å². The molecule has 48 valence electrons. The zero-order chi connectivity index (χ0) is 5.98. The average molecular weight is 113 g/mol. The number of hydrogen-bond donors (Lipinski definition) is 1. The quantitative estimate of drug-likeness (QED) is 0.546. The van der Waals surface area contributed by atoms with Gasteiger partial charge in [0.15, 0.2) is 0 Å². The maximum Gasteiger partial charge on any atom is -0.00463 e. The lowest BCUT2D eigenvalue weighted by molar-refractivity contribution is 0.429. The van der Waals surface area contributed by atoms with E-state index in [0.29, 0.717) is 0 Å². The molecular weight excluding hydrogens is 98.1 g/mol. The fraction of sp³-hybridized carbons (Fsp3) is 1.00. The summed E-state index contributed by atoms with van der Waals surface area (Å²) in [5.41, 5.74) is 5.52. The summed E-state index contributed by atoms with van der Waals surface area (Å²) in [6.45, 7) is 3.21. The van der Waals surface area contributed by atoms with Gasteiger partial charge in [0.2, 0.25) is 0 Å². The van der Waals surface area contributed by atoms with Crippen molar-refractivity contribution < 1.29 is 0 Å². The van der Waals surface area contributed by atoms with Gasteiger partial charge >= 0.3 is 0 Å². The highest BCUT2D eigenvalue weighted by Crippen LogP contribution is 2.29. The zero-order valence-electron chi connectivity index (χ0n) is 5.56. The fourth-order valence-corrected chi connectivity index (χ4v) is 1.57. The third-order valence-electron chi connectivity index (χ3n) is 2.34. The van der Waals surface area contributed by atoms with Gasteiger partial charge in [0.05, 0.1) is 0 Å². The van der Waals surface area contributed by atoms with E-state index in [1.165, 1.54) is 19.3 Å². The molecule has 0 saturated heterocycles. The summed E-state index contributed by atoms with van der Waals surface area (Å²) in [7, 11) is 0. The first kappa shape index (κ1) is 6.09. The van der Waals surface area contributed by atoms with Crippen LogP contribution in [0.15, 0.2) is 0 Å². The summed E-state index contributed by atoms with van der Waals surface area (Å²) in [5.74, 6) is 1.75. The Morgan fingerprint density at radius 3 is 2.50 bits per heavy atom. The van der Waals surface area contributed by atoms with Crippen LogP contribution >= 0.6 is 0 Å². The molecule has 2 N–H and O–H groups in total. The topological polar surface area (TPSA) is 26.0 Å². The van der Waals surface area contributed by atoms with E-state index in [4.69, 9.17) is 5.73 Å². The van der Waals surface area contributed by atoms with Crippen molar-refractivity contribution in [2.45, 2.75) is 26.2 Å². The third kappa shape index (κ3) is 1.03. The van der Waals surface area contributed by atoms with Gasteiger partial charge in [0.1, 0.15) is 0 Å². The summed E-state index contributed by atoms with van der Waals surface area (Å²) in [6, 6.07) is 0. The highest BCUT2D eigenvalue weighted by atomic mass is 14.6. The maximum atomic E-state index is 5.52. The summed E-state index contributed by atoms with van der Waals surface area (Å²) < 4.78 is 0. The number of nitrogens with two attached hydrogens (primary N) is 1. The highest BCUT2D eigenvalue weighted by molar-refractivity contribution is 4.73. The van der Waals surface area contributed by atoms with Crippen molar-refractivity contribution >= 4 is 0 Å². The predicted octanol–water partition coefficient (Wildman–Crippen LogP) is 1.38. The molecule has 1 fully saturated rings. The van der Waals surface area contributed by atoms with Crippen molar-refractivity contribution in [3.05, 3.63) is 0 Å². The summed E-state index contributed by atoms with van der Waals surface area (Å²) in [6.07, 6.45) is 4.18. The Bertz CT molecular complexity index is 70.8. The minimum atomic E-state index is 0.843. The van der Waals surface area contributed by atoms with Crippen molar-refractivity contribution in [1.82, 2.24) is 0 Å². The van der Waals surface area contributed by atoms with Gasteiger partial charge in [-0.3, -0.25) is 0 Å². The maximum absolute atomic E-state index is 5.52. The van der Waals surface area contributed by atoms with E-state index in [1.807, 2.05) is 0 Å². The van der Waals surface area contributed by atoms with E-state index < -0.39 is 0 Å². The molecule has 0 aromatic carbocycles. The van der Waals surface area contributed by atoms with Crippen LogP contribution in [0.2, 0.25) is 0 Å². The summed E-state index contributed by atoms with van der Waals surface area (Å²) in [5, 5.41) is 0. The van der Waals surface area contributed by atoms with Crippen molar-refractivity contribution in [3.63, 3.8) is 0 Å². The molecule has 1 heteroatoms. The lowest BCUT2D eigenvalue weighted by Gasteiger charge is -2.10. The van der Waals surface area contributed by atoms with Crippen LogP contribution in [0, 0.1) is 11.8 Å². The van der Waals surface area contributed by atoms with Gasteiger partial charge in [0.25, 0.3) is 0 Å². The van der Waals surface area contributed by atoms with Crippen LogP contribution in [0.1, 0.15) is 26.2 Å². The Balaban J connectivity index is 2.30. The summed E-state index contributed by atoms with van der Waals surface area (Å²) >= 11 is 0. The molecule has 0 bridgehead atoms. The van der Waals surface area contributed by atoms with Gasteiger partial charge in [0, 0.05) is 0 Å². The second-order valence-corrected chi connectivity index (χ2v) is 2.90. The van der Waals surface area contributed by atoms with Crippen LogP contribution in [0.4, 0.5) is 0 Å². The molecule has 0 spiro atoms. The molecule has 0 aliphatic heterocycles. The molecular formula is C7H15N. The van der Waals surface area contributed by atoms with Crippen molar-refractivity contribution in [2.24, 2.45) is 17.6 Å². The third-order valence-corrected chi connectivity index (χ3v) is 2.34. The molecule has 0 amide bonds. The Morgan fingerprint density at radius 2 is 2.25 bits per heavy atom. The fourth-order valence-electron chi connectivity index (χ4n) is 1.57. The molecule has 1 nitrogen and oxygen atoms in total. The Morgan fingerprint density at radius 1 is 1.50 bits per heavy atom. The molecule has 1 rings (SSSR count). The van der Waals surface area contributed by atoms with E-state index in [9.17, 15) is 0 Å². The minimum Gasteiger partial charge on any atom is -0.330 e. The van der Waals surface area contributed by atoms with Crippen LogP contribution in [-0.4, -0.2) is 6.54 Å². The molecule has 1 saturated carbocycles. The highest BCUT2D eigenvalue weighted by Gasteiger charge is 2.20. The zero-order valence-corrected chi connectivity index (χ0v) is 5.56. The smallest absolute Gasteiger partial charge is 0.00463 e. The van der Waals surface area contributed by atoms with Crippen LogP contribution in [0.25, 0.3) is 0 Å². The largest absolute Gasteiger partial charge is 0.330 e. The molecule has 8 heavy (non-hydrogen) atoms. The molecule has 1 aliphatic carbocycles. The lowest BCUT2D eigenvalue weighted by Crippen LogP contribution is -2.15. The van der Waals surface area contributed by atoms with Gasteiger partial charge in [-0.2, -0.15) is 0 Å². The average Bonchev–Trinajstić information content (AvgIpc) is 2.14. The normalized spacial score (nSPS) is 38.2. The monoisotopic (exact) mass is 113 g/mol. The predicted molar refractivity (Wildman–Crippen MR) is 35.6 cm³/mol. The molecule has 0 heterocycles. The second kappa shape index (κ2) is 2.49. The first-order valence-electron chi connectivity index (χ1n) is 3.54. The molecule has 2 atom stereocenters. The van der Waals surface area contributed by atoms with Crippen LogP contribution in [-0.2, 0) is 0 Å². The molecule has 0 radical (unpaired) electrons. The SMILES string of the molecule is C[C@H]1CCC[C@H]1CN. The van der Waals surface area contributed by atoms with Gasteiger partial charge in [-0.05, 0) is 24.8 Å². The van der Waals surface area contributed by atoms with Gasteiger partial charge in [-0.25, -0.2) is 0 Å². The van der Waals surface area contributed by atoms with Crippen molar-refractivity contribution in [1.29, 1.82) is 0 Å². The first-order valence-corrected chi connectivity index (χ1v) is 3.54. The molecule has 0 unspecified atom stereocenters. The van der Waals surface area contributed by atoms with Crippen molar-refractivity contribution in [3.8, 4) is 0 Å². The van der Waals surface area contributed by atoms with Gasteiger partial charge in [-0.1, -0.05) is 19.8 Å². The summed E-state index contributed by atoms with van der Waals surface area (Å²) in [4.78, 5) is 0. The van der Waals surface area contributed by atoms with E-state index in [2.05, 4.69) is 6.92 Å². The van der Waals surface area contributed by atoms with E-state index in [-0.39, 0.29) is 0 Å². The van der Waals surface area contributed by atoms with E-state index in [0.717, 1.165) is 18.4 Å². The van der Waals surface area contributed by atoms with Crippen LogP contribution in [0.5, 0.6) is 0 Å².